The van der Waals surface area contributed by atoms with E-state index in [1.54, 1.807) is 0 Å². The second kappa shape index (κ2) is 5.64. The number of fused-ring (bicyclic) bond motifs is 1. The van der Waals surface area contributed by atoms with Gasteiger partial charge in [-0.15, -0.1) is 0 Å². The third kappa shape index (κ3) is 3.46. The van der Waals surface area contributed by atoms with Crippen LogP contribution in [0.1, 0.15) is 0 Å². The van der Waals surface area contributed by atoms with Gasteiger partial charge in [0.25, 0.3) is 20.2 Å². The molecule has 0 bridgehead atoms. The summed E-state index contributed by atoms with van der Waals surface area (Å²) in [4.78, 5) is -0.823. The van der Waals surface area contributed by atoms with E-state index < -0.39 is 30.0 Å². The van der Waals surface area contributed by atoms with Gasteiger partial charge in [-0.25, -0.2) is 0 Å². The molecule has 0 aliphatic rings. The maximum atomic E-state index is 11.2. The third-order valence-corrected chi connectivity index (χ3v) is 4.22. The Labute approximate surface area is 139 Å². The molecule has 0 aliphatic carbocycles. The molecule has 2 rings (SSSR count). The zero-order valence-electron chi connectivity index (χ0n) is 9.52. The number of rotatable bonds is 2. The van der Waals surface area contributed by atoms with E-state index in [4.69, 9.17) is 9.11 Å². The summed E-state index contributed by atoms with van der Waals surface area (Å²) in [5.74, 6) is 0. The van der Waals surface area contributed by atoms with E-state index >= 15 is 0 Å². The zero-order valence-corrected chi connectivity index (χ0v) is 13.4. The summed E-state index contributed by atoms with van der Waals surface area (Å²) in [7, 11) is -8.94. The molecule has 0 saturated carbocycles. The maximum Gasteiger partial charge on any atom is 0.295 e. The summed E-state index contributed by atoms with van der Waals surface area (Å²) in [5, 5.41) is 0.0465. The first kappa shape index (κ1) is 16.8. The van der Waals surface area contributed by atoms with E-state index in [1.165, 1.54) is 24.3 Å². The minimum Gasteiger partial charge on any atom is -0.282 e. The van der Waals surface area contributed by atoms with Gasteiger partial charge in [0.05, 0.1) is 0 Å². The fraction of sp³-hybridized carbons (Fsp3) is 0. The summed E-state index contributed by atoms with van der Waals surface area (Å²) in [5.41, 5.74) is 0. The molecule has 0 fully saturated rings. The molecule has 9 heteroatoms. The molecule has 98 valence electrons. The van der Waals surface area contributed by atoms with Crippen LogP contribution in [-0.2, 0) is 20.2 Å². The van der Waals surface area contributed by atoms with Crippen molar-refractivity contribution in [3.05, 3.63) is 36.4 Å². The van der Waals surface area contributed by atoms with Gasteiger partial charge in [0, 0.05) is 48.5 Å². The molecule has 2 aromatic carbocycles. The van der Waals surface area contributed by atoms with Gasteiger partial charge in [0.15, 0.2) is 0 Å². The molecule has 0 aliphatic heterocycles. The second-order valence-corrected chi connectivity index (χ2v) is 6.34. The van der Waals surface area contributed by atoms with Gasteiger partial charge in [0.1, 0.15) is 9.79 Å². The Kier molecular flexibility index (Phi) is 5.00. The first-order chi connectivity index (χ1) is 8.21. The van der Waals surface area contributed by atoms with Crippen molar-refractivity contribution >= 4 is 68.7 Å². The van der Waals surface area contributed by atoms with E-state index in [1.807, 2.05) is 0 Å². The Hall–Kier alpha value is -0.220. The van der Waals surface area contributed by atoms with Crippen LogP contribution in [0.5, 0.6) is 0 Å². The number of hydrogen-bond donors (Lipinski definition) is 2. The van der Waals surface area contributed by atoms with Crippen LogP contribution >= 0.6 is 0 Å². The van der Waals surface area contributed by atoms with Gasteiger partial charge in [-0.05, 0) is 12.1 Å². The van der Waals surface area contributed by atoms with E-state index in [0.29, 0.717) is 0 Å². The Bertz CT molecular complexity index is 755. The second-order valence-electron chi connectivity index (χ2n) is 3.56. The summed E-state index contributed by atoms with van der Waals surface area (Å²) in [6.07, 6.45) is 0. The molecule has 2 N–H and O–H groups in total. The summed E-state index contributed by atoms with van der Waals surface area (Å²) in [6, 6.07) is 7.53. The largest absolute Gasteiger partial charge is 0.295 e. The molecule has 6 nitrogen and oxygen atoms in total. The fourth-order valence-electron chi connectivity index (χ4n) is 1.70. The Morgan fingerprint density at radius 2 is 1.00 bits per heavy atom. The smallest absolute Gasteiger partial charge is 0.282 e. The van der Waals surface area contributed by atoms with Crippen molar-refractivity contribution in [3.8, 4) is 0 Å². The molecule has 0 spiro atoms. The van der Waals surface area contributed by atoms with Crippen LogP contribution in [0, 0.1) is 0 Å². The van der Waals surface area contributed by atoms with Crippen LogP contribution in [0.2, 0.25) is 0 Å². The monoisotopic (exact) mass is 328 g/mol. The third-order valence-electron chi connectivity index (χ3n) is 2.40. The Morgan fingerprint density at radius 3 is 1.26 bits per heavy atom. The molecule has 0 amide bonds. The molecule has 0 heterocycles. The molecular formula is C10H8CaO6S2. The predicted molar refractivity (Wildman–Crippen MR) is 69.3 cm³/mol. The van der Waals surface area contributed by atoms with Crippen LogP contribution in [-0.4, -0.2) is 63.7 Å². The van der Waals surface area contributed by atoms with Crippen molar-refractivity contribution in [2.24, 2.45) is 0 Å². The molecule has 0 unspecified atom stereocenters. The maximum absolute atomic E-state index is 11.2. The van der Waals surface area contributed by atoms with Gasteiger partial charge < -0.3 is 0 Å². The fourth-order valence-corrected chi connectivity index (χ4v) is 3.12. The quantitative estimate of drug-likeness (QED) is 0.627. The van der Waals surface area contributed by atoms with E-state index in [-0.39, 0.29) is 48.5 Å². The van der Waals surface area contributed by atoms with Gasteiger partial charge in [-0.2, -0.15) is 16.8 Å². The van der Waals surface area contributed by atoms with E-state index in [0.717, 1.165) is 12.1 Å². The molecular weight excluding hydrogens is 320 g/mol. The summed E-state index contributed by atoms with van der Waals surface area (Å²) < 4.78 is 62.7. The van der Waals surface area contributed by atoms with E-state index in [2.05, 4.69) is 0 Å². The minimum atomic E-state index is -4.47. The Morgan fingerprint density at radius 1 is 0.684 bits per heavy atom. The van der Waals surface area contributed by atoms with Gasteiger partial charge in [0.2, 0.25) is 0 Å². The van der Waals surface area contributed by atoms with Crippen LogP contribution < -0.4 is 0 Å². The number of hydrogen-bond acceptors (Lipinski definition) is 4. The van der Waals surface area contributed by atoms with Gasteiger partial charge in [-0.3, -0.25) is 9.11 Å². The van der Waals surface area contributed by atoms with Gasteiger partial charge in [-0.1, -0.05) is 24.3 Å². The minimum absolute atomic E-state index is 0. The standard InChI is InChI=1S/C10H8O6S2.Ca/c11-17(12,13)9-5-1-3-7-8(9)4-2-6-10(7)18(14,15)16;/h1-6H,(H,11,12,13)(H,14,15,16);. The molecule has 0 aromatic heterocycles. The van der Waals surface area contributed by atoms with Crippen molar-refractivity contribution in [1.82, 2.24) is 0 Å². The SMILES string of the molecule is O=S(=O)(O)c1cccc2c(S(=O)(=O)O)cccc12.[Ca]. The zero-order chi connectivity index (χ0) is 13.6. The van der Waals surface area contributed by atoms with Gasteiger partial charge >= 0.3 is 0 Å². The average molecular weight is 328 g/mol. The topological polar surface area (TPSA) is 109 Å². The van der Waals surface area contributed by atoms with Crippen LogP contribution in [0.4, 0.5) is 0 Å². The van der Waals surface area contributed by atoms with Crippen molar-refractivity contribution in [3.63, 3.8) is 0 Å². The molecule has 2 aromatic rings. The molecule has 2 radical (unpaired) electrons. The average Bonchev–Trinajstić information content (AvgIpc) is 2.24. The Balaban J connectivity index is 0.00000180. The van der Waals surface area contributed by atoms with Crippen molar-refractivity contribution in [2.75, 3.05) is 0 Å². The van der Waals surface area contributed by atoms with Crippen LogP contribution in [0.3, 0.4) is 0 Å². The summed E-state index contributed by atoms with van der Waals surface area (Å²) >= 11 is 0. The predicted octanol–water partition coefficient (Wildman–Crippen LogP) is 0.952. The first-order valence-corrected chi connectivity index (χ1v) is 7.56. The van der Waals surface area contributed by atoms with Crippen molar-refractivity contribution < 1.29 is 25.9 Å². The number of benzene rings is 2. The van der Waals surface area contributed by atoms with Crippen LogP contribution in [0.15, 0.2) is 46.2 Å². The summed E-state index contributed by atoms with van der Waals surface area (Å²) in [6.45, 7) is 0. The molecule has 0 atom stereocenters. The molecule has 19 heavy (non-hydrogen) atoms. The van der Waals surface area contributed by atoms with E-state index in [9.17, 15) is 16.8 Å². The molecule has 0 saturated heterocycles. The van der Waals surface area contributed by atoms with Crippen LogP contribution in [0.25, 0.3) is 10.8 Å². The van der Waals surface area contributed by atoms with Crippen molar-refractivity contribution in [1.29, 1.82) is 0 Å². The van der Waals surface area contributed by atoms with Crippen molar-refractivity contribution in [2.45, 2.75) is 9.79 Å². The first-order valence-electron chi connectivity index (χ1n) is 4.68. The normalized spacial score (nSPS) is 12.1.